The zero-order valence-corrected chi connectivity index (χ0v) is 7.98. The number of isocyanates is 1. The molecular formula is C11H10FNO2. The molecule has 0 heterocycles. The highest BCUT2D eigenvalue weighted by Gasteiger charge is 2.46. The van der Waals surface area contributed by atoms with Gasteiger partial charge in [0.1, 0.15) is 11.4 Å². The Morgan fingerprint density at radius 2 is 2.13 bits per heavy atom. The van der Waals surface area contributed by atoms with Crippen LogP contribution in [-0.4, -0.2) is 17.3 Å². The Hall–Kier alpha value is -1.51. The molecule has 1 aliphatic carbocycles. The molecule has 0 amide bonds. The molecule has 78 valence electrons. The molecule has 1 N–H and O–H groups in total. The molecule has 0 aromatic heterocycles. The van der Waals surface area contributed by atoms with E-state index < -0.39 is 17.5 Å². The first-order valence-corrected chi connectivity index (χ1v) is 4.70. The van der Waals surface area contributed by atoms with Crippen molar-refractivity contribution in [3.8, 4) is 0 Å². The van der Waals surface area contributed by atoms with E-state index in [1.165, 1.54) is 12.1 Å². The minimum absolute atomic E-state index is 0.281. The largest absolute Gasteiger partial charge is 0.393 e. The Bertz CT molecular complexity index is 420. The first-order valence-electron chi connectivity index (χ1n) is 4.70. The van der Waals surface area contributed by atoms with E-state index in [-0.39, 0.29) is 12.8 Å². The van der Waals surface area contributed by atoms with E-state index in [0.29, 0.717) is 5.56 Å². The summed E-state index contributed by atoms with van der Waals surface area (Å²) in [5.74, 6) is -0.400. The molecule has 1 fully saturated rings. The third kappa shape index (κ3) is 1.58. The molecule has 1 aromatic carbocycles. The third-order valence-corrected chi connectivity index (χ3v) is 2.78. The van der Waals surface area contributed by atoms with Gasteiger partial charge in [0, 0.05) is 18.4 Å². The molecule has 0 saturated heterocycles. The molecule has 15 heavy (non-hydrogen) atoms. The average Bonchev–Trinajstić information content (AvgIpc) is 2.16. The van der Waals surface area contributed by atoms with E-state index in [9.17, 15) is 14.3 Å². The molecule has 2 rings (SSSR count). The van der Waals surface area contributed by atoms with Crippen LogP contribution in [0.25, 0.3) is 0 Å². The number of aliphatic hydroxyl groups is 1. The lowest BCUT2D eigenvalue weighted by Gasteiger charge is -2.41. The Balaban J connectivity index is 2.43. The predicted octanol–water partition coefficient (Wildman–Crippen LogP) is 1.51. The summed E-state index contributed by atoms with van der Waals surface area (Å²) in [6, 6.07) is 6.17. The van der Waals surface area contributed by atoms with E-state index in [2.05, 4.69) is 4.99 Å². The maximum atomic E-state index is 13.5. The summed E-state index contributed by atoms with van der Waals surface area (Å²) in [6.07, 6.45) is 1.50. The summed E-state index contributed by atoms with van der Waals surface area (Å²) < 4.78 is 13.5. The van der Waals surface area contributed by atoms with E-state index in [1.807, 2.05) is 0 Å². The number of rotatable bonds is 2. The predicted molar refractivity (Wildman–Crippen MR) is 51.4 cm³/mol. The number of halogens is 1. The topological polar surface area (TPSA) is 49.7 Å². The number of aliphatic imine (C=N–C) groups is 1. The van der Waals surface area contributed by atoms with Gasteiger partial charge in [-0.3, -0.25) is 0 Å². The molecular weight excluding hydrogens is 197 g/mol. The standard InChI is InChI=1S/C11H10FNO2/c12-10-4-2-1-3-9(10)11(13-7-14)5-8(15)6-11/h1-4,8,15H,5-6H2. The summed E-state index contributed by atoms with van der Waals surface area (Å²) in [6.45, 7) is 0. The van der Waals surface area contributed by atoms with E-state index in [4.69, 9.17) is 0 Å². The molecule has 0 unspecified atom stereocenters. The van der Waals surface area contributed by atoms with Gasteiger partial charge in [0.05, 0.1) is 6.10 Å². The maximum Gasteiger partial charge on any atom is 0.235 e. The fourth-order valence-electron chi connectivity index (χ4n) is 2.02. The molecule has 4 heteroatoms. The van der Waals surface area contributed by atoms with Gasteiger partial charge in [-0.1, -0.05) is 18.2 Å². The van der Waals surface area contributed by atoms with Crippen molar-refractivity contribution < 1.29 is 14.3 Å². The lowest BCUT2D eigenvalue weighted by molar-refractivity contribution is 0.0207. The van der Waals surface area contributed by atoms with Gasteiger partial charge in [-0.25, -0.2) is 9.18 Å². The van der Waals surface area contributed by atoms with Gasteiger partial charge in [-0.05, 0) is 6.07 Å². The van der Waals surface area contributed by atoms with E-state index in [1.54, 1.807) is 18.2 Å². The molecule has 0 bridgehead atoms. The Kier molecular flexibility index (Phi) is 2.39. The van der Waals surface area contributed by atoms with Crippen molar-refractivity contribution in [1.29, 1.82) is 0 Å². The van der Waals surface area contributed by atoms with Crippen LogP contribution < -0.4 is 0 Å². The van der Waals surface area contributed by atoms with Crippen molar-refractivity contribution in [2.45, 2.75) is 24.5 Å². The Morgan fingerprint density at radius 3 is 2.67 bits per heavy atom. The quantitative estimate of drug-likeness (QED) is 0.590. The van der Waals surface area contributed by atoms with Gasteiger partial charge in [-0.2, -0.15) is 4.99 Å². The van der Waals surface area contributed by atoms with Crippen molar-refractivity contribution in [2.75, 3.05) is 0 Å². The molecule has 0 spiro atoms. The molecule has 1 aromatic rings. The minimum atomic E-state index is -0.896. The normalized spacial score (nSPS) is 29.1. The van der Waals surface area contributed by atoms with Crippen LogP contribution in [0.5, 0.6) is 0 Å². The first-order chi connectivity index (χ1) is 7.18. The monoisotopic (exact) mass is 207 g/mol. The molecule has 3 nitrogen and oxygen atoms in total. The fraction of sp³-hybridized carbons (Fsp3) is 0.364. The van der Waals surface area contributed by atoms with Crippen LogP contribution in [0.15, 0.2) is 29.3 Å². The second kappa shape index (κ2) is 3.57. The zero-order valence-electron chi connectivity index (χ0n) is 7.98. The highest BCUT2D eigenvalue weighted by Crippen LogP contribution is 2.45. The molecule has 0 radical (unpaired) electrons. The highest BCUT2D eigenvalue weighted by atomic mass is 19.1. The third-order valence-electron chi connectivity index (χ3n) is 2.78. The summed E-state index contributed by atoms with van der Waals surface area (Å²) in [5, 5.41) is 9.25. The summed E-state index contributed by atoms with van der Waals surface area (Å²) in [4.78, 5) is 13.9. The van der Waals surface area contributed by atoms with Crippen LogP contribution in [0.3, 0.4) is 0 Å². The number of hydrogen-bond acceptors (Lipinski definition) is 3. The highest BCUT2D eigenvalue weighted by molar-refractivity contribution is 5.40. The van der Waals surface area contributed by atoms with Crippen LogP contribution in [-0.2, 0) is 10.3 Å². The molecule has 0 aliphatic heterocycles. The first kappa shape index (κ1) is 10.0. The zero-order chi connectivity index (χ0) is 10.9. The van der Waals surface area contributed by atoms with Crippen molar-refractivity contribution in [3.63, 3.8) is 0 Å². The molecule has 1 saturated carbocycles. The van der Waals surface area contributed by atoms with E-state index >= 15 is 0 Å². The van der Waals surface area contributed by atoms with Crippen LogP contribution in [0.1, 0.15) is 18.4 Å². The summed E-state index contributed by atoms with van der Waals surface area (Å²) in [5.41, 5.74) is -0.536. The van der Waals surface area contributed by atoms with Gasteiger partial charge in [0.2, 0.25) is 6.08 Å². The molecule has 1 aliphatic rings. The van der Waals surface area contributed by atoms with Gasteiger partial charge in [0.25, 0.3) is 0 Å². The van der Waals surface area contributed by atoms with Gasteiger partial charge in [-0.15, -0.1) is 0 Å². The van der Waals surface area contributed by atoms with Gasteiger partial charge in [0.15, 0.2) is 0 Å². The van der Waals surface area contributed by atoms with Crippen molar-refractivity contribution in [3.05, 3.63) is 35.6 Å². The van der Waals surface area contributed by atoms with Gasteiger partial charge >= 0.3 is 0 Å². The lowest BCUT2D eigenvalue weighted by Crippen LogP contribution is -2.43. The smallest absolute Gasteiger partial charge is 0.235 e. The lowest BCUT2D eigenvalue weighted by atomic mass is 9.70. The Labute approximate surface area is 86.3 Å². The van der Waals surface area contributed by atoms with Crippen LogP contribution in [0, 0.1) is 5.82 Å². The maximum absolute atomic E-state index is 13.5. The minimum Gasteiger partial charge on any atom is -0.393 e. The van der Waals surface area contributed by atoms with Crippen LogP contribution in [0.4, 0.5) is 4.39 Å². The number of aliphatic hydroxyl groups excluding tert-OH is 1. The number of hydrogen-bond donors (Lipinski definition) is 1. The Morgan fingerprint density at radius 1 is 1.47 bits per heavy atom. The summed E-state index contributed by atoms with van der Waals surface area (Å²) >= 11 is 0. The van der Waals surface area contributed by atoms with Crippen molar-refractivity contribution >= 4 is 6.08 Å². The number of nitrogens with zero attached hydrogens (tertiary/aromatic N) is 1. The van der Waals surface area contributed by atoms with Gasteiger partial charge < -0.3 is 5.11 Å². The molecule has 0 atom stereocenters. The summed E-state index contributed by atoms with van der Waals surface area (Å²) in [7, 11) is 0. The van der Waals surface area contributed by atoms with E-state index in [0.717, 1.165) is 0 Å². The SMILES string of the molecule is O=C=NC1(c2ccccc2F)CC(O)C1. The van der Waals surface area contributed by atoms with Crippen LogP contribution in [0.2, 0.25) is 0 Å². The second-order valence-corrected chi connectivity index (χ2v) is 3.78. The number of benzene rings is 1. The average molecular weight is 207 g/mol. The van der Waals surface area contributed by atoms with Crippen molar-refractivity contribution in [1.82, 2.24) is 0 Å². The number of carbonyl (C=O) groups excluding carboxylic acids is 1. The second-order valence-electron chi connectivity index (χ2n) is 3.78. The van der Waals surface area contributed by atoms with Crippen molar-refractivity contribution in [2.24, 2.45) is 4.99 Å². The fourth-order valence-corrected chi connectivity index (χ4v) is 2.02. The van der Waals surface area contributed by atoms with Crippen LogP contribution >= 0.6 is 0 Å².